The zero-order valence-electron chi connectivity index (χ0n) is 17.6. The SMILES string of the molecule is CCn1c(Cc2ccccc2)nnc1SC(C)C(=O)Nc1ccc(OC)c(OC)c1. The summed E-state index contributed by atoms with van der Waals surface area (Å²) >= 11 is 1.39. The molecular formula is C22H26N4O3S. The molecule has 0 aliphatic heterocycles. The Morgan fingerprint density at radius 3 is 2.50 bits per heavy atom. The fourth-order valence-electron chi connectivity index (χ4n) is 3.00. The summed E-state index contributed by atoms with van der Waals surface area (Å²) in [4.78, 5) is 12.7. The number of benzene rings is 2. The smallest absolute Gasteiger partial charge is 0.237 e. The van der Waals surface area contributed by atoms with Gasteiger partial charge in [-0.1, -0.05) is 42.1 Å². The molecule has 7 nitrogen and oxygen atoms in total. The highest BCUT2D eigenvalue weighted by molar-refractivity contribution is 8.00. The minimum Gasteiger partial charge on any atom is -0.493 e. The Kier molecular flexibility index (Phi) is 7.35. The van der Waals surface area contributed by atoms with Crippen molar-refractivity contribution in [3.8, 4) is 11.5 Å². The third-order valence-electron chi connectivity index (χ3n) is 4.62. The number of hydrogen-bond donors (Lipinski definition) is 1. The second-order valence-corrected chi connectivity index (χ2v) is 7.93. The molecule has 0 saturated heterocycles. The van der Waals surface area contributed by atoms with Crippen LogP contribution >= 0.6 is 11.8 Å². The number of aromatic nitrogens is 3. The predicted molar refractivity (Wildman–Crippen MR) is 118 cm³/mol. The van der Waals surface area contributed by atoms with Crippen LogP contribution in [0.3, 0.4) is 0 Å². The minimum atomic E-state index is -0.350. The van der Waals surface area contributed by atoms with Gasteiger partial charge in [-0.15, -0.1) is 10.2 Å². The third kappa shape index (κ3) is 5.13. The maximum atomic E-state index is 12.7. The number of nitrogens with zero attached hydrogens (tertiary/aromatic N) is 3. The molecule has 1 atom stereocenters. The molecule has 0 radical (unpaired) electrons. The molecule has 158 valence electrons. The van der Waals surface area contributed by atoms with Crippen LogP contribution in [0.4, 0.5) is 5.69 Å². The van der Waals surface area contributed by atoms with Gasteiger partial charge in [-0.2, -0.15) is 0 Å². The molecule has 1 unspecified atom stereocenters. The van der Waals surface area contributed by atoms with E-state index in [9.17, 15) is 4.79 Å². The molecule has 0 aliphatic rings. The van der Waals surface area contributed by atoms with Gasteiger partial charge in [-0.05, 0) is 31.5 Å². The van der Waals surface area contributed by atoms with Crippen molar-refractivity contribution in [3.63, 3.8) is 0 Å². The van der Waals surface area contributed by atoms with Gasteiger partial charge in [0.2, 0.25) is 5.91 Å². The quantitative estimate of drug-likeness (QED) is 0.521. The van der Waals surface area contributed by atoms with Crippen molar-refractivity contribution in [1.29, 1.82) is 0 Å². The van der Waals surface area contributed by atoms with Gasteiger partial charge in [-0.25, -0.2) is 0 Å². The standard InChI is InChI=1S/C22H26N4O3S/c1-5-26-20(13-16-9-7-6-8-10-16)24-25-22(26)30-15(2)21(27)23-17-11-12-18(28-3)19(14-17)29-4/h6-12,14-15H,5,13H2,1-4H3,(H,23,27). The minimum absolute atomic E-state index is 0.123. The highest BCUT2D eigenvalue weighted by Gasteiger charge is 2.20. The van der Waals surface area contributed by atoms with Crippen molar-refractivity contribution in [2.45, 2.75) is 37.2 Å². The van der Waals surface area contributed by atoms with Crippen molar-refractivity contribution < 1.29 is 14.3 Å². The lowest BCUT2D eigenvalue weighted by atomic mass is 10.1. The van der Waals surface area contributed by atoms with Gasteiger partial charge in [0.15, 0.2) is 16.7 Å². The molecule has 0 spiro atoms. The highest BCUT2D eigenvalue weighted by atomic mass is 32.2. The molecule has 1 aromatic heterocycles. The monoisotopic (exact) mass is 426 g/mol. The number of ether oxygens (including phenoxy) is 2. The summed E-state index contributed by atoms with van der Waals surface area (Å²) in [6.07, 6.45) is 0.703. The summed E-state index contributed by atoms with van der Waals surface area (Å²) in [6, 6.07) is 15.4. The number of anilines is 1. The number of nitrogens with one attached hydrogen (secondary N) is 1. The summed E-state index contributed by atoms with van der Waals surface area (Å²) in [7, 11) is 3.14. The zero-order chi connectivity index (χ0) is 21.5. The summed E-state index contributed by atoms with van der Waals surface area (Å²) < 4.78 is 12.6. The third-order valence-corrected chi connectivity index (χ3v) is 5.70. The Balaban J connectivity index is 1.68. The van der Waals surface area contributed by atoms with Crippen molar-refractivity contribution in [2.24, 2.45) is 0 Å². The Hall–Kier alpha value is -3.00. The Bertz CT molecular complexity index is 991. The Labute approximate surface area is 180 Å². The van der Waals surface area contributed by atoms with Gasteiger partial charge in [0.1, 0.15) is 5.82 Å². The van der Waals surface area contributed by atoms with Gasteiger partial charge in [0, 0.05) is 24.7 Å². The molecule has 3 aromatic rings. The molecule has 0 saturated carbocycles. The summed E-state index contributed by atoms with van der Waals surface area (Å²) in [5.74, 6) is 1.94. The lowest BCUT2D eigenvalue weighted by Gasteiger charge is -2.14. The van der Waals surface area contributed by atoms with E-state index in [-0.39, 0.29) is 11.2 Å². The van der Waals surface area contributed by atoms with Gasteiger partial charge < -0.3 is 19.4 Å². The van der Waals surface area contributed by atoms with E-state index in [4.69, 9.17) is 9.47 Å². The van der Waals surface area contributed by atoms with Crippen molar-refractivity contribution in [1.82, 2.24) is 14.8 Å². The van der Waals surface area contributed by atoms with Crippen LogP contribution in [0.5, 0.6) is 11.5 Å². The van der Waals surface area contributed by atoms with Crippen LogP contribution in [0.1, 0.15) is 25.2 Å². The maximum absolute atomic E-state index is 12.7. The molecule has 0 fully saturated rings. The van der Waals surface area contributed by atoms with Crippen molar-refractivity contribution in [3.05, 3.63) is 59.9 Å². The average Bonchev–Trinajstić information content (AvgIpc) is 3.15. The summed E-state index contributed by atoms with van der Waals surface area (Å²) in [5.41, 5.74) is 1.82. The Morgan fingerprint density at radius 2 is 1.83 bits per heavy atom. The first-order chi connectivity index (χ1) is 14.5. The van der Waals surface area contributed by atoms with Crippen LogP contribution in [0, 0.1) is 0 Å². The summed E-state index contributed by atoms with van der Waals surface area (Å²) in [5, 5.41) is 12.0. The van der Waals surface area contributed by atoms with Gasteiger partial charge in [-0.3, -0.25) is 4.79 Å². The van der Waals surface area contributed by atoms with E-state index < -0.39 is 0 Å². The van der Waals surface area contributed by atoms with Gasteiger partial charge >= 0.3 is 0 Å². The molecule has 0 aliphatic carbocycles. The predicted octanol–water partition coefficient (Wildman–Crippen LogP) is 4.03. The lowest BCUT2D eigenvalue weighted by Crippen LogP contribution is -2.23. The van der Waals surface area contributed by atoms with Crippen LogP contribution in [0.2, 0.25) is 0 Å². The second kappa shape index (κ2) is 10.2. The second-order valence-electron chi connectivity index (χ2n) is 6.62. The molecule has 0 bridgehead atoms. The first-order valence-corrected chi connectivity index (χ1v) is 10.6. The largest absolute Gasteiger partial charge is 0.493 e. The molecular weight excluding hydrogens is 400 g/mol. The number of rotatable bonds is 9. The molecule has 30 heavy (non-hydrogen) atoms. The topological polar surface area (TPSA) is 78.3 Å². The van der Waals surface area contributed by atoms with Gasteiger partial charge in [0.05, 0.1) is 19.5 Å². The molecule has 8 heteroatoms. The number of methoxy groups -OCH3 is 2. The van der Waals surface area contributed by atoms with Crippen LogP contribution < -0.4 is 14.8 Å². The molecule has 1 N–H and O–H groups in total. The molecule has 1 amide bonds. The van der Waals surface area contributed by atoms with Crippen LogP contribution in [0.15, 0.2) is 53.7 Å². The fourth-order valence-corrected chi connectivity index (χ4v) is 3.93. The van der Waals surface area contributed by atoms with Crippen molar-refractivity contribution >= 4 is 23.4 Å². The average molecular weight is 427 g/mol. The summed E-state index contributed by atoms with van der Waals surface area (Å²) in [6.45, 7) is 4.64. The molecule has 1 heterocycles. The van der Waals surface area contributed by atoms with Crippen LogP contribution in [-0.2, 0) is 17.8 Å². The first-order valence-electron chi connectivity index (χ1n) is 9.71. The van der Waals surface area contributed by atoms with E-state index in [1.807, 2.05) is 25.1 Å². The van der Waals surface area contributed by atoms with E-state index in [2.05, 4.69) is 39.1 Å². The lowest BCUT2D eigenvalue weighted by molar-refractivity contribution is -0.115. The van der Waals surface area contributed by atoms with E-state index in [1.165, 1.54) is 17.3 Å². The van der Waals surface area contributed by atoms with E-state index in [0.29, 0.717) is 23.6 Å². The number of carbonyl (C=O) groups is 1. The highest BCUT2D eigenvalue weighted by Crippen LogP contribution is 2.30. The van der Waals surface area contributed by atoms with Crippen LogP contribution in [0.25, 0.3) is 0 Å². The Morgan fingerprint density at radius 1 is 1.10 bits per heavy atom. The number of carbonyl (C=O) groups excluding carboxylic acids is 1. The molecule has 2 aromatic carbocycles. The van der Waals surface area contributed by atoms with Crippen LogP contribution in [-0.4, -0.2) is 40.1 Å². The van der Waals surface area contributed by atoms with E-state index in [1.54, 1.807) is 32.4 Å². The van der Waals surface area contributed by atoms with E-state index in [0.717, 1.165) is 17.5 Å². The van der Waals surface area contributed by atoms with E-state index >= 15 is 0 Å². The van der Waals surface area contributed by atoms with Crippen molar-refractivity contribution in [2.75, 3.05) is 19.5 Å². The molecule has 3 rings (SSSR count). The maximum Gasteiger partial charge on any atom is 0.237 e. The van der Waals surface area contributed by atoms with Gasteiger partial charge in [0.25, 0.3) is 0 Å². The normalized spacial score (nSPS) is 11.7. The number of amides is 1. The number of thioether (sulfide) groups is 1. The fraction of sp³-hybridized carbons (Fsp3) is 0.318. The first kappa shape index (κ1) is 21.7. The number of hydrogen-bond acceptors (Lipinski definition) is 6. The zero-order valence-corrected chi connectivity index (χ0v) is 18.4.